The Bertz CT molecular complexity index is 2510. The zero-order valence-corrected chi connectivity index (χ0v) is 35.9. The lowest BCUT2D eigenvalue weighted by Gasteiger charge is -2.30. The molecule has 0 bridgehead atoms. The largest absolute Gasteiger partial charge is 0.488 e. The van der Waals surface area contributed by atoms with Crippen LogP contribution in [0.3, 0.4) is 0 Å². The minimum absolute atomic E-state index is 0.150. The molecule has 14 nitrogen and oxygen atoms in total. The average Bonchev–Trinajstić information content (AvgIpc) is 4.19. The minimum Gasteiger partial charge on any atom is -0.488 e. The molecule has 14 heteroatoms. The predicted molar refractivity (Wildman–Crippen MR) is 238 cm³/mol. The fourth-order valence-electron chi connectivity index (χ4n) is 9.65. The monoisotopic (exact) mass is 858 g/mol. The van der Waals surface area contributed by atoms with Crippen molar-refractivity contribution in [1.29, 1.82) is 0 Å². The molecule has 4 amide bonds. The van der Waals surface area contributed by atoms with E-state index in [0.29, 0.717) is 38.0 Å². The number of aromatic nitrogens is 4. The van der Waals surface area contributed by atoms with Gasteiger partial charge in [-0.25, -0.2) is 9.97 Å². The maximum atomic E-state index is 14.1. The number of ether oxygens (including phenoxy) is 2. The number of benzene rings is 4. The summed E-state index contributed by atoms with van der Waals surface area (Å²) in [6.07, 6.45) is 7.34. The second-order valence-corrected chi connectivity index (χ2v) is 16.9. The Kier molecular flexibility index (Phi) is 10.9. The van der Waals surface area contributed by atoms with Gasteiger partial charge in [-0.1, -0.05) is 74.5 Å². The molecule has 4 aliphatic heterocycles. The number of likely N-dealkylation sites (tertiary alicyclic amines) is 2. The number of carbonyl (C=O) groups excluding carboxylic acids is 4. The molecule has 2 saturated heterocycles. The Hall–Kier alpha value is -7.22. The van der Waals surface area contributed by atoms with Crippen LogP contribution in [0.25, 0.3) is 33.6 Å². The van der Waals surface area contributed by atoms with E-state index in [9.17, 15) is 19.2 Å². The number of imidazole rings is 2. The summed E-state index contributed by atoms with van der Waals surface area (Å²) < 4.78 is 13.0. The smallest absolute Gasteiger partial charge is 0.250 e. The molecule has 0 spiro atoms. The van der Waals surface area contributed by atoms with Gasteiger partial charge in [-0.15, -0.1) is 0 Å². The third-order valence-electron chi connectivity index (χ3n) is 12.9. The highest BCUT2D eigenvalue weighted by molar-refractivity contribution is 5.91. The highest BCUT2D eigenvalue weighted by atomic mass is 16.5. The molecule has 64 heavy (non-hydrogen) atoms. The molecule has 4 atom stereocenters. The first kappa shape index (κ1) is 40.8. The van der Waals surface area contributed by atoms with Crippen LogP contribution in [0.15, 0.2) is 97.3 Å². The molecule has 4 aromatic carbocycles. The molecule has 0 aliphatic carbocycles. The third kappa shape index (κ3) is 7.56. The molecule has 2 fully saturated rings. The lowest BCUT2D eigenvalue weighted by atomic mass is 9.87. The van der Waals surface area contributed by atoms with Gasteiger partial charge in [-0.3, -0.25) is 19.2 Å². The van der Waals surface area contributed by atoms with Crippen molar-refractivity contribution < 1.29 is 28.7 Å². The standard InChI is InChI=1S/C50H50N8O6/c1-3-41(59)55-45(29-13-7-5-8-14-29)49(61)57-19-11-17-37(57)47-51-25-35(53-47)31-21-33-27-64-40-24-32(22-34-28-63-39(23-31)43(33)44(34)40)36-26-52-48(54-36)38-18-12-20-58(38)50(62)46(56-42(60)4-2)30-15-9-6-10-16-30/h5-10,13-16,21-26,37-38,45-46H,3-4,11-12,17-20,27-28H2,1-2H3,(H,51,53)(H,52,54)(H,55,59)(H,56,60)/t37-,38-,45+,46+/m0/s1. The molecular weight excluding hydrogens is 809 g/mol. The Morgan fingerprint density at radius 3 is 1.47 bits per heavy atom. The molecule has 0 unspecified atom stereocenters. The van der Waals surface area contributed by atoms with E-state index in [-0.39, 0.29) is 48.6 Å². The highest BCUT2D eigenvalue weighted by Crippen LogP contribution is 2.51. The number of nitrogens with one attached hydrogen (secondary N) is 4. The van der Waals surface area contributed by atoms with Gasteiger partial charge in [0.2, 0.25) is 23.6 Å². The van der Waals surface area contributed by atoms with Crippen LogP contribution in [0.2, 0.25) is 0 Å². The first-order valence-corrected chi connectivity index (χ1v) is 22.3. The molecule has 6 heterocycles. The van der Waals surface area contributed by atoms with Gasteiger partial charge in [0, 0.05) is 59.3 Å². The van der Waals surface area contributed by atoms with Gasteiger partial charge in [0.15, 0.2) is 0 Å². The SMILES string of the molecule is CCC(=O)N[C@@H](C(=O)N1CCC[C@H]1c1ncc(-c2cc3c4c(c2)OCc2cc(-c5cnc([C@@H]6CCCN6C(=O)[C@H](NC(=O)CC)c6ccccc6)[nH]5)cc(c2-4)OC3)[nH]1)c1ccccc1. The number of nitrogens with zero attached hydrogens (tertiary/aromatic N) is 4. The normalized spacial score (nSPS) is 18.1. The second-order valence-electron chi connectivity index (χ2n) is 16.9. The summed E-state index contributed by atoms with van der Waals surface area (Å²) in [4.78, 5) is 73.6. The van der Waals surface area contributed by atoms with Gasteiger partial charge in [0.05, 0.1) is 35.9 Å². The topological polar surface area (TPSA) is 175 Å². The molecule has 0 radical (unpaired) electrons. The Morgan fingerprint density at radius 2 is 1.06 bits per heavy atom. The fraction of sp³-hybridized carbons (Fsp3) is 0.320. The number of carbonyl (C=O) groups is 4. The average molecular weight is 859 g/mol. The van der Waals surface area contributed by atoms with E-state index in [1.807, 2.05) is 95.0 Å². The maximum absolute atomic E-state index is 14.1. The van der Waals surface area contributed by atoms with Crippen LogP contribution in [0.4, 0.5) is 0 Å². The van der Waals surface area contributed by atoms with Gasteiger partial charge in [-0.2, -0.15) is 0 Å². The van der Waals surface area contributed by atoms with Gasteiger partial charge in [0.1, 0.15) is 48.4 Å². The summed E-state index contributed by atoms with van der Waals surface area (Å²) >= 11 is 0. The first-order chi connectivity index (χ1) is 31.3. The van der Waals surface area contributed by atoms with Gasteiger partial charge in [0.25, 0.3) is 0 Å². The van der Waals surface area contributed by atoms with Crippen molar-refractivity contribution in [2.24, 2.45) is 0 Å². The van der Waals surface area contributed by atoms with Crippen molar-refractivity contribution in [3.63, 3.8) is 0 Å². The van der Waals surface area contributed by atoms with Crippen LogP contribution in [0.1, 0.15) is 110 Å². The number of aromatic amines is 2. The van der Waals surface area contributed by atoms with Crippen LogP contribution in [0.5, 0.6) is 11.5 Å². The number of H-pyrrole nitrogens is 2. The lowest BCUT2D eigenvalue weighted by Crippen LogP contribution is -2.42. The fourth-order valence-corrected chi connectivity index (χ4v) is 9.65. The summed E-state index contributed by atoms with van der Waals surface area (Å²) in [7, 11) is 0. The van der Waals surface area contributed by atoms with E-state index in [2.05, 4.69) is 32.7 Å². The minimum atomic E-state index is -0.781. The summed E-state index contributed by atoms with van der Waals surface area (Å²) in [6, 6.07) is 25.0. The quantitative estimate of drug-likeness (QED) is 0.0966. The van der Waals surface area contributed by atoms with Gasteiger partial charge >= 0.3 is 0 Å². The van der Waals surface area contributed by atoms with E-state index in [1.165, 1.54) is 0 Å². The molecule has 326 valence electrons. The maximum Gasteiger partial charge on any atom is 0.250 e. The van der Waals surface area contributed by atoms with E-state index < -0.39 is 12.1 Å². The van der Waals surface area contributed by atoms with E-state index >= 15 is 0 Å². The molecule has 0 saturated carbocycles. The summed E-state index contributed by atoms with van der Waals surface area (Å²) in [5.41, 5.74) is 8.94. The predicted octanol–water partition coefficient (Wildman–Crippen LogP) is 7.78. The zero-order chi connectivity index (χ0) is 43.9. The number of hydrogen-bond donors (Lipinski definition) is 4. The van der Waals surface area contributed by atoms with Crippen LogP contribution in [-0.2, 0) is 32.4 Å². The van der Waals surface area contributed by atoms with Crippen molar-refractivity contribution in [2.75, 3.05) is 13.1 Å². The van der Waals surface area contributed by atoms with Crippen molar-refractivity contribution >= 4 is 23.6 Å². The van der Waals surface area contributed by atoms with E-state index in [0.717, 1.165) is 93.1 Å². The number of amides is 4. The van der Waals surface area contributed by atoms with Crippen molar-refractivity contribution in [2.45, 2.75) is 89.8 Å². The van der Waals surface area contributed by atoms with E-state index in [4.69, 9.17) is 19.4 Å². The second kappa shape index (κ2) is 17.2. The van der Waals surface area contributed by atoms with Crippen LogP contribution in [0, 0.1) is 0 Å². The number of rotatable bonds is 12. The van der Waals surface area contributed by atoms with Gasteiger partial charge < -0.3 is 39.9 Å². The molecule has 2 aromatic heterocycles. The summed E-state index contributed by atoms with van der Waals surface area (Å²) in [6.45, 7) is 5.38. The van der Waals surface area contributed by atoms with Crippen molar-refractivity contribution in [3.05, 3.63) is 131 Å². The summed E-state index contributed by atoms with van der Waals surface area (Å²) in [5, 5.41) is 5.89. The van der Waals surface area contributed by atoms with Crippen molar-refractivity contribution in [1.82, 2.24) is 40.4 Å². The highest BCUT2D eigenvalue weighted by Gasteiger charge is 2.39. The Morgan fingerprint density at radius 1 is 0.641 bits per heavy atom. The lowest BCUT2D eigenvalue weighted by molar-refractivity contribution is -0.137. The van der Waals surface area contributed by atoms with Gasteiger partial charge in [-0.05, 0) is 61.1 Å². The third-order valence-corrected chi connectivity index (χ3v) is 12.9. The Balaban J connectivity index is 0.879. The van der Waals surface area contributed by atoms with Crippen LogP contribution >= 0.6 is 0 Å². The van der Waals surface area contributed by atoms with Crippen LogP contribution < -0.4 is 20.1 Å². The van der Waals surface area contributed by atoms with Crippen molar-refractivity contribution in [3.8, 4) is 45.1 Å². The number of hydrogen-bond acceptors (Lipinski definition) is 8. The molecule has 4 N–H and O–H groups in total. The molecule has 4 aliphatic rings. The molecule has 10 rings (SSSR count). The summed E-state index contributed by atoms with van der Waals surface area (Å²) in [5.74, 6) is 2.27. The zero-order valence-electron chi connectivity index (χ0n) is 35.9. The molecule has 6 aromatic rings. The first-order valence-electron chi connectivity index (χ1n) is 22.3. The molecular formula is C50H50N8O6. The van der Waals surface area contributed by atoms with E-state index in [1.54, 1.807) is 13.8 Å². The van der Waals surface area contributed by atoms with Crippen LogP contribution in [-0.4, -0.2) is 66.5 Å². The Labute approximate surface area is 370 Å².